The molecule has 0 unspecified atom stereocenters. The summed E-state index contributed by atoms with van der Waals surface area (Å²) in [5.41, 5.74) is 2.13. The number of hydrogen-bond acceptors (Lipinski definition) is 2. The summed E-state index contributed by atoms with van der Waals surface area (Å²) in [4.78, 5) is 13.7. The van der Waals surface area contributed by atoms with Crippen molar-refractivity contribution in [1.82, 2.24) is 4.90 Å². The third-order valence-corrected chi connectivity index (χ3v) is 3.13. The topological polar surface area (TPSA) is 52.6 Å². The van der Waals surface area contributed by atoms with Gasteiger partial charge >= 0.3 is 6.03 Å². The molecule has 2 N–H and O–H groups in total. The van der Waals surface area contributed by atoms with Crippen LogP contribution >= 0.6 is 0 Å². The molecule has 4 heteroatoms. The van der Waals surface area contributed by atoms with Crippen molar-refractivity contribution in [3.05, 3.63) is 29.3 Å². The Kier molecular flexibility index (Phi) is 5.17. The van der Waals surface area contributed by atoms with Crippen LogP contribution in [0.1, 0.15) is 44.7 Å². The molecule has 1 rings (SSSR count). The van der Waals surface area contributed by atoms with E-state index in [-0.39, 0.29) is 12.6 Å². The number of aliphatic hydroxyl groups is 1. The lowest BCUT2D eigenvalue weighted by Crippen LogP contribution is -2.41. The van der Waals surface area contributed by atoms with Gasteiger partial charge in [-0.15, -0.1) is 0 Å². The fourth-order valence-electron chi connectivity index (χ4n) is 2.20. The molecular weight excluding hydrogens is 252 g/mol. The lowest BCUT2D eigenvalue weighted by atomic mass is 9.98. The Balaban J connectivity index is 2.91. The molecule has 0 bridgehead atoms. The van der Waals surface area contributed by atoms with Crippen LogP contribution in [0.5, 0.6) is 0 Å². The van der Waals surface area contributed by atoms with Crippen molar-refractivity contribution in [2.24, 2.45) is 0 Å². The van der Waals surface area contributed by atoms with Gasteiger partial charge in [-0.2, -0.15) is 0 Å². The van der Waals surface area contributed by atoms with E-state index in [1.54, 1.807) is 20.9 Å². The Morgan fingerprint density at radius 1 is 1.40 bits per heavy atom. The molecule has 0 fully saturated rings. The summed E-state index contributed by atoms with van der Waals surface area (Å²) >= 11 is 0. The maximum absolute atomic E-state index is 12.2. The largest absolute Gasteiger partial charge is 0.389 e. The van der Waals surface area contributed by atoms with Crippen LogP contribution in [0.3, 0.4) is 0 Å². The number of para-hydroxylation sites is 1. The minimum atomic E-state index is -0.904. The molecule has 0 saturated carbocycles. The summed E-state index contributed by atoms with van der Waals surface area (Å²) in [5, 5.41) is 12.7. The number of carbonyl (C=O) groups is 1. The van der Waals surface area contributed by atoms with E-state index in [2.05, 4.69) is 19.2 Å². The highest BCUT2D eigenvalue weighted by Crippen LogP contribution is 2.27. The number of nitrogens with zero attached hydrogens (tertiary/aromatic N) is 1. The summed E-state index contributed by atoms with van der Waals surface area (Å²) in [6, 6.07) is 5.81. The highest BCUT2D eigenvalue weighted by atomic mass is 16.3. The van der Waals surface area contributed by atoms with E-state index < -0.39 is 5.60 Å². The Morgan fingerprint density at radius 3 is 2.50 bits per heavy atom. The molecule has 0 radical (unpaired) electrons. The summed E-state index contributed by atoms with van der Waals surface area (Å²) in [7, 11) is 1.68. The smallest absolute Gasteiger partial charge is 0.321 e. The minimum Gasteiger partial charge on any atom is -0.389 e. The van der Waals surface area contributed by atoms with E-state index >= 15 is 0 Å². The highest BCUT2D eigenvalue weighted by molar-refractivity contribution is 5.91. The number of aryl methyl sites for hydroxylation is 1. The van der Waals surface area contributed by atoms with Gasteiger partial charge in [-0.05, 0) is 37.8 Å². The molecule has 0 aliphatic rings. The second kappa shape index (κ2) is 6.27. The van der Waals surface area contributed by atoms with Gasteiger partial charge in [0.25, 0.3) is 0 Å². The van der Waals surface area contributed by atoms with Crippen LogP contribution in [0.2, 0.25) is 0 Å². The second-order valence-corrected chi connectivity index (χ2v) is 6.29. The van der Waals surface area contributed by atoms with Crippen molar-refractivity contribution in [3.8, 4) is 0 Å². The molecule has 112 valence electrons. The van der Waals surface area contributed by atoms with E-state index in [4.69, 9.17) is 0 Å². The fourth-order valence-corrected chi connectivity index (χ4v) is 2.20. The average Bonchev–Trinajstić information content (AvgIpc) is 2.28. The van der Waals surface area contributed by atoms with Gasteiger partial charge in [-0.3, -0.25) is 0 Å². The number of hydrogen-bond donors (Lipinski definition) is 2. The second-order valence-electron chi connectivity index (χ2n) is 6.29. The number of amides is 2. The standard InChI is InChI=1S/C16H26N2O2/c1-11(2)13-9-7-8-12(3)14(13)17-15(19)18(6)10-16(4,5)20/h7-9,11,20H,10H2,1-6H3,(H,17,19). The lowest BCUT2D eigenvalue weighted by Gasteiger charge is -2.26. The Morgan fingerprint density at radius 2 is 2.00 bits per heavy atom. The van der Waals surface area contributed by atoms with Crippen molar-refractivity contribution in [1.29, 1.82) is 0 Å². The first kappa shape index (κ1) is 16.5. The summed E-state index contributed by atoms with van der Waals surface area (Å²) in [6.45, 7) is 9.84. The first-order chi connectivity index (χ1) is 9.11. The third kappa shape index (κ3) is 4.53. The number of benzene rings is 1. The highest BCUT2D eigenvalue weighted by Gasteiger charge is 2.20. The van der Waals surface area contributed by atoms with Gasteiger partial charge in [0.15, 0.2) is 0 Å². The normalized spacial score (nSPS) is 11.6. The molecule has 0 saturated heterocycles. The number of urea groups is 1. The van der Waals surface area contributed by atoms with Crippen LogP contribution in [0.25, 0.3) is 0 Å². The van der Waals surface area contributed by atoms with Crippen LogP contribution in [0, 0.1) is 6.92 Å². The predicted molar refractivity (Wildman–Crippen MR) is 83.2 cm³/mol. The zero-order valence-corrected chi connectivity index (χ0v) is 13.3. The quantitative estimate of drug-likeness (QED) is 0.887. The van der Waals surface area contributed by atoms with Crippen LogP contribution in [-0.2, 0) is 0 Å². The van der Waals surface area contributed by atoms with Crippen molar-refractivity contribution in [2.75, 3.05) is 18.9 Å². The van der Waals surface area contributed by atoms with E-state index in [1.807, 2.05) is 25.1 Å². The van der Waals surface area contributed by atoms with Gasteiger partial charge in [0.05, 0.1) is 12.1 Å². The van der Waals surface area contributed by atoms with E-state index in [1.165, 1.54) is 4.90 Å². The maximum atomic E-state index is 12.2. The molecule has 0 aromatic heterocycles. The van der Waals surface area contributed by atoms with Crippen LogP contribution in [0.15, 0.2) is 18.2 Å². The third-order valence-electron chi connectivity index (χ3n) is 3.13. The summed E-state index contributed by atoms with van der Waals surface area (Å²) < 4.78 is 0. The van der Waals surface area contributed by atoms with Crippen molar-refractivity contribution < 1.29 is 9.90 Å². The fraction of sp³-hybridized carbons (Fsp3) is 0.562. The van der Waals surface area contributed by atoms with Crippen molar-refractivity contribution in [2.45, 2.75) is 46.1 Å². The average molecular weight is 278 g/mol. The minimum absolute atomic E-state index is 0.205. The molecule has 0 atom stereocenters. The number of carbonyl (C=O) groups excluding carboxylic acids is 1. The van der Waals surface area contributed by atoms with Crippen LogP contribution in [-0.4, -0.2) is 35.2 Å². The maximum Gasteiger partial charge on any atom is 0.321 e. The number of anilines is 1. The number of nitrogens with one attached hydrogen (secondary N) is 1. The molecule has 0 aliphatic carbocycles. The lowest BCUT2D eigenvalue weighted by molar-refractivity contribution is 0.0550. The predicted octanol–water partition coefficient (Wildman–Crippen LogP) is 3.35. The van der Waals surface area contributed by atoms with E-state index in [0.717, 1.165) is 16.8 Å². The Bertz CT molecular complexity index is 476. The van der Waals surface area contributed by atoms with Crippen molar-refractivity contribution >= 4 is 11.7 Å². The van der Waals surface area contributed by atoms with Gasteiger partial charge in [0.2, 0.25) is 0 Å². The SMILES string of the molecule is Cc1cccc(C(C)C)c1NC(=O)N(C)CC(C)(C)O. The first-order valence-corrected chi connectivity index (χ1v) is 6.96. The zero-order valence-electron chi connectivity index (χ0n) is 13.3. The molecule has 20 heavy (non-hydrogen) atoms. The van der Waals surface area contributed by atoms with Gasteiger partial charge in [0, 0.05) is 12.7 Å². The molecule has 2 amide bonds. The number of rotatable bonds is 4. The van der Waals surface area contributed by atoms with Gasteiger partial charge in [0.1, 0.15) is 0 Å². The monoisotopic (exact) mass is 278 g/mol. The Hall–Kier alpha value is -1.55. The van der Waals surface area contributed by atoms with Crippen LogP contribution < -0.4 is 5.32 Å². The summed E-state index contributed by atoms with van der Waals surface area (Å²) in [6.07, 6.45) is 0. The van der Waals surface area contributed by atoms with Gasteiger partial charge in [-0.1, -0.05) is 32.0 Å². The van der Waals surface area contributed by atoms with Gasteiger partial charge in [-0.25, -0.2) is 4.79 Å². The van der Waals surface area contributed by atoms with Crippen LogP contribution in [0.4, 0.5) is 10.5 Å². The Labute approximate surface area is 121 Å². The molecular formula is C16H26N2O2. The van der Waals surface area contributed by atoms with E-state index in [0.29, 0.717) is 5.92 Å². The van der Waals surface area contributed by atoms with E-state index in [9.17, 15) is 9.90 Å². The molecule has 0 aliphatic heterocycles. The molecule has 0 heterocycles. The number of likely N-dealkylation sites (N-methyl/N-ethyl adjacent to an activating group) is 1. The first-order valence-electron chi connectivity index (χ1n) is 6.96. The van der Waals surface area contributed by atoms with Crippen molar-refractivity contribution in [3.63, 3.8) is 0 Å². The molecule has 0 spiro atoms. The molecule has 1 aromatic carbocycles. The summed E-state index contributed by atoms with van der Waals surface area (Å²) in [5.74, 6) is 0.338. The molecule has 4 nitrogen and oxygen atoms in total. The zero-order chi connectivity index (χ0) is 15.5. The molecule has 1 aromatic rings. The van der Waals surface area contributed by atoms with Gasteiger partial charge < -0.3 is 15.3 Å².